The first kappa shape index (κ1) is 10.3. The number of aromatic nitrogens is 2. The highest BCUT2D eigenvalue weighted by atomic mass is 16.2. The van der Waals surface area contributed by atoms with Gasteiger partial charge in [0.05, 0.1) is 23.9 Å². The first-order chi connectivity index (χ1) is 8.22. The van der Waals surface area contributed by atoms with Crippen LogP contribution in [0, 0.1) is 16.7 Å². The topological polar surface area (TPSA) is 61.9 Å². The van der Waals surface area contributed by atoms with E-state index in [0.29, 0.717) is 12.5 Å². The molecule has 1 aliphatic heterocycles. The van der Waals surface area contributed by atoms with Gasteiger partial charge in [-0.05, 0) is 12.8 Å². The summed E-state index contributed by atoms with van der Waals surface area (Å²) in [6.07, 6.45) is 7.62. The molecule has 1 aromatic heterocycles. The molecule has 5 heteroatoms. The average molecular weight is 230 g/mol. The largest absolute Gasteiger partial charge is 0.338 e. The smallest absolute Gasteiger partial charge is 0.224 e. The summed E-state index contributed by atoms with van der Waals surface area (Å²) in [6, 6.07) is 2.62. The Bertz CT molecular complexity index is 463. The number of rotatable bonds is 3. The Labute approximate surface area is 99.7 Å². The van der Waals surface area contributed by atoms with Gasteiger partial charge in [0, 0.05) is 31.9 Å². The van der Waals surface area contributed by atoms with E-state index in [1.54, 1.807) is 12.5 Å². The molecule has 2 heterocycles. The number of amides is 1. The van der Waals surface area contributed by atoms with Gasteiger partial charge < -0.3 is 9.47 Å². The van der Waals surface area contributed by atoms with Gasteiger partial charge in [0.25, 0.3) is 0 Å². The zero-order chi connectivity index (χ0) is 11.9. The van der Waals surface area contributed by atoms with Crippen LogP contribution in [0.15, 0.2) is 18.7 Å². The molecule has 1 aromatic rings. The number of nitrogens with zero attached hydrogens (tertiary/aromatic N) is 4. The van der Waals surface area contributed by atoms with Crippen molar-refractivity contribution >= 4 is 5.91 Å². The number of hydrogen-bond donors (Lipinski definition) is 0. The average Bonchev–Trinajstić information content (AvgIpc) is 2.82. The zero-order valence-electron chi connectivity index (χ0n) is 9.54. The third kappa shape index (κ3) is 1.80. The number of hydrogen-bond acceptors (Lipinski definition) is 3. The molecule has 1 saturated heterocycles. The van der Waals surface area contributed by atoms with Crippen LogP contribution in [0.5, 0.6) is 0 Å². The maximum atomic E-state index is 11.9. The van der Waals surface area contributed by atoms with Gasteiger partial charge in [-0.2, -0.15) is 5.26 Å². The molecule has 5 nitrogen and oxygen atoms in total. The summed E-state index contributed by atoms with van der Waals surface area (Å²) in [7, 11) is 0. The third-order valence-electron chi connectivity index (χ3n) is 3.74. The summed E-state index contributed by atoms with van der Waals surface area (Å²) in [5.41, 5.74) is -0.322. The van der Waals surface area contributed by atoms with Gasteiger partial charge >= 0.3 is 0 Å². The van der Waals surface area contributed by atoms with E-state index in [2.05, 4.69) is 11.1 Å². The molecule has 0 radical (unpaired) electrons. The molecule has 1 amide bonds. The highest BCUT2D eigenvalue weighted by Crippen LogP contribution is 2.48. The Hall–Kier alpha value is -1.83. The fraction of sp³-hybridized carbons (Fsp3) is 0.583. The Kier molecular flexibility index (Phi) is 2.18. The van der Waals surface area contributed by atoms with Crippen molar-refractivity contribution in [3.8, 4) is 6.07 Å². The van der Waals surface area contributed by atoms with Gasteiger partial charge in [-0.15, -0.1) is 0 Å². The minimum absolute atomic E-state index is 0.125. The summed E-state index contributed by atoms with van der Waals surface area (Å²) < 4.78 is 2.03. The van der Waals surface area contributed by atoms with Crippen molar-refractivity contribution in [3.05, 3.63) is 18.7 Å². The van der Waals surface area contributed by atoms with E-state index >= 15 is 0 Å². The van der Waals surface area contributed by atoms with Gasteiger partial charge in [-0.25, -0.2) is 4.98 Å². The van der Waals surface area contributed by atoms with E-state index in [0.717, 1.165) is 25.9 Å². The van der Waals surface area contributed by atoms with Crippen LogP contribution in [0.25, 0.3) is 0 Å². The summed E-state index contributed by atoms with van der Waals surface area (Å²) in [5.74, 6) is 0.125. The van der Waals surface area contributed by atoms with Crippen LogP contribution >= 0.6 is 0 Å². The van der Waals surface area contributed by atoms with Gasteiger partial charge in [-0.3, -0.25) is 4.79 Å². The maximum Gasteiger partial charge on any atom is 0.224 e. The molecule has 0 unspecified atom stereocenters. The molecule has 0 aromatic carbocycles. The molecular weight excluding hydrogens is 216 g/mol. The van der Waals surface area contributed by atoms with Crippen LogP contribution in [-0.2, 0) is 4.79 Å². The maximum absolute atomic E-state index is 11.9. The standard InChI is InChI=1S/C12H14N4O/c13-8-12(1-2-12)5-11(17)16-6-10(7-16)15-4-3-14-9-15/h3-4,9-10H,1-2,5-7H2. The molecule has 1 aliphatic carbocycles. The SMILES string of the molecule is N#CC1(CC(=O)N2CC(n3ccnc3)C2)CC1. The van der Waals surface area contributed by atoms with Crippen molar-refractivity contribution in [2.75, 3.05) is 13.1 Å². The lowest BCUT2D eigenvalue weighted by Crippen LogP contribution is -2.50. The monoisotopic (exact) mass is 230 g/mol. The predicted octanol–water partition coefficient (Wildman–Crippen LogP) is 0.960. The lowest BCUT2D eigenvalue weighted by Gasteiger charge is -2.40. The van der Waals surface area contributed by atoms with Crippen LogP contribution < -0.4 is 0 Å². The van der Waals surface area contributed by atoms with E-state index in [-0.39, 0.29) is 11.3 Å². The highest BCUT2D eigenvalue weighted by molar-refractivity contribution is 5.78. The second-order valence-electron chi connectivity index (χ2n) is 5.03. The van der Waals surface area contributed by atoms with Gasteiger partial charge in [0.15, 0.2) is 0 Å². The second-order valence-corrected chi connectivity index (χ2v) is 5.03. The Morgan fingerprint density at radius 1 is 1.53 bits per heavy atom. The number of likely N-dealkylation sites (tertiary alicyclic amines) is 1. The van der Waals surface area contributed by atoms with Crippen LogP contribution in [0.2, 0.25) is 0 Å². The molecule has 17 heavy (non-hydrogen) atoms. The molecule has 0 N–H and O–H groups in total. The number of carbonyl (C=O) groups is 1. The van der Waals surface area contributed by atoms with Crippen LogP contribution in [0.3, 0.4) is 0 Å². The summed E-state index contributed by atoms with van der Waals surface area (Å²) >= 11 is 0. The molecule has 0 bridgehead atoms. The molecule has 2 aliphatic rings. The minimum Gasteiger partial charge on any atom is -0.338 e. The number of imidazole rings is 1. The van der Waals surface area contributed by atoms with Crippen LogP contribution in [-0.4, -0.2) is 33.4 Å². The van der Waals surface area contributed by atoms with E-state index in [1.165, 1.54) is 0 Å². The van der Waals surface area contributed by atoms with Gasteiger partial charge in [-0.1, -0.05) is 0 Å². The fourth-order valence-electron chi connectivity index (χ4n) is 2.21. The van der Waals surface area contributed by atoms with Crippen molar-refractivity contribution in [2.24, 2.45) is 5.41 Å². The fourth-order valence-corrected chi connectivity index (χ4v) is 2.21. The van der Waals surface area contributed by atoms with E-state index in [9.17, 15) is 4.79 Å². The normalized spacial score (nSPS) is 21.7. The summed E-state index contributed by atoms with van der Waals surface area (Å²) in [5, 5.41) is 8.95. The van der Waals surface area contributed by atoms with Crippen LogP contribution in [0.4, 0.5) is 0 Å². The van der Waals surface area contributed by atoms with E-state index < -0.39 is 0 Å². The van der Waals surface area contributed by atoms with Gasteiger partial charge in [0.1, 0.15) is 0 Å². The van der Waals surface area contributed by atoms with Crippen molar-refractivity contribution in [2.45, 2.75) is 25.3 Å². The zero-order valence-corrected chi connectivity index (χ0v) is 9.54. The first-order valence-electron chi connectivity index (χ1n) is 5.89. The highest BCUT2D eigenvalue weighted by Gasteiger charge is 2.46. The predicted molar refractivity (Wildman–Crippen MR) is 59.7 cm³/mol. The number of carbonyl (C=O) groups excluding carboxylic acids is 1. The molecule has 0 atom stereocenters. The molecule has 0 spiro atoms. The molecular formula is C12H14N4O. The molecule has 3 rings (SSSR count). The van der Waals surface area contributed by atoms with E-state index in [4.69, 9.17) is 5.26 Å². The third-order valence-corrected chi connectivity index (χ3v) is 3.74. The van der Waals surface area contributed by atoms with Crippen LogP contribution in [0.1, 0.15) is 25.3 Å². The lowest BCUT2D eigenvalue weighted by molar-refractivity contribution is -0.137. The Morgan fingerprint density at radius 2 is 2.29 bits per heavy atom. The molecule has 88 valence electrons. The Morgan fingerprint density at radius 3 is 2.82 bits per heavy atom. The first-order valence-corrected chi connectivity index (χ1v) is 5.89. The molecule has 1 saturated carbocycles. The Balaban J connectivity index is 1.52. The van der Waals surface area contributed by atoms with Crippen molar-refractivity contribution < 1.29 is 4.79 Å². The quantitative estimate of drug-likeness (QED) is 0.777. The molecule has 2 fully saturated rings. The minimum atomic E-state index is -0.322. The van der Waals surface area contributed by atoms with Crippen molar-refractivity contribution in [3.63, 3.8) is 0 Å². The number of nitriles is 1. The van der Waals surface area contributed by atoms with Crippen molar-refractivity contribution in [1.29, 1.82) is 5.26 Å². The summed E-state index contributed by atoms with van der Waals surface area (Å²) in [6.45, 7) is 1.49. The second kappa shape index (κ2) is 3.59. The van der Waals surface area contributed by atoms with E-state index in [1.807, 2.05) is 15.7 Å². The van der Waals surface area contributed by atoms with Crippen molar-refractivity contribution in [1.82, 2.24) is 14.5 Å². The lowest BCUT2D eigenvalue weighted by atomic mass is 10.0. The van der Waals surface area contributed by atoms with Gasteiger partial charge in [0.2, 0.25) is 5.91 Å². The summed E-state index contributed by atoms with van der Waals surface area (Å²) in [4.78, 5) is 17.7.